The molecule has 37 heavy (non-hydrogen) atoms. The fraction of sp³-hybridized carbons (Fsp3) is 0.261. The van der Waals surface area contributed by atoms with Crippen LogP contribution >= 0.6 is 27.7 Å². The average Bonchev–Trinajstić information content (AvgIpc) is 3.43. The molecule has 192 valence electrons. The molecule has 0 spiro atoms. The van der Waals surface area contributed by atoms with Gasteiger partial charge in [-0.2, -0.15) is 13.2 Å². The fourth-order valence-electron chi connectivity index (χ4n) is 4.44. The number of aromatic nitrogens is 4. The maximum Gasteiger partial charge on any atom is 0.416 e. The number of hydrogen-bond donors (Lipinski definition) is 2. The summed E-state index contributed by atoms with van der Waals surface area (Å²) < 4.78 is 42.7. The number of amides is 2. The smallest absolute Gasteiger partial charge is 0.383 e. The van der Waals surface area contributed by atoms with Gasteiger partial charge in [0.1, 0.15) is 34.8 Å². The van der Waals surface area contributed by atoms with Crippen molar-refractivity contribution in [3.05, 3.63) is 52.4 Å². The van der Waals surface area contributed by atoms with Gasteiger partial charge in [0, 0.05) is 17.7 Å². The number of benzene rings is 1. The second kappa shape index (κ2) is 9.49. The number of alkyl halides is 3. The van der Waals surface area contributed by atoms with Gasteiger partial charge < -0.3 is 20.5 Å². The molecule has 3 aromatic heterocycles. The maximum atomic E-state index is 13.5. The summed E-state index contributed by atoms with van der Waals surface area (Å²) in [5.74, 6) is 0.107. The number of carbonyl (C=O) groups is 2. The molecule has 14 heteroatoms. The van der Waals surface area contributed by atoms with Crippen molar-refractivity contribution < 1.29 is 22.8 Å². The van der Waals surface area contributed by atoms with Crippen molar-refractivity contribution in [2.75, 3.05) is 23.3 Å². The number of nitrogens with two attached hydrogens (primary N) is 1. The highest BCUT2D eigenvalue weighted by molar-refractivity contribution is 9.10. The molecule has 0 bridgehead atoms. The van der Waals surface area contributed by atoms with Crippen LogP contribution in [0.15, 0.2) is 41.3 Å². The van der Waals surface area contributed by atoms with Gasteiger partial charge >= 0.3 is 6.18 Å². The lowest BCUT2D eigenvalue weighted by Gasteiger charge is -2.23. The zero-order valence-electron chi connectivity index (χ0n) is 19.2. The Bertz CT molecular complexity index is 1560. The maximum absolute atomic E-state index is 13.5. The van der Waals surface area contributed by atoms with Crippen molar-refractivity contribution in [1.29, 1.82) is 0 Å². The predicted octanol–water partition coefficient (Wildman–Crippen LogP) is 4.19. The highest BCUT2D eigenvalue weighted by Gasteiger charge is 2.36. The molecule has 2 amide bonds. The first-order valence-corrected chi connectivity index (χ1v) is 12.8. The number of rotatable bonds is 4. The van der Waals surface area contributed by atoms with Gasteiger partial charge in [0.25, 0.3) is 5.91 Å². The Morgan fingerprint density at radius 3 is 2.78 bits per heavy atom. The summed E-state index contributed by atoms with van der Waals surface area (Å²) in [6.07, 6.45) is -3.37. The predicted molar refractivity (Wildman–Crippen MR) is 138 cm³/mol. The molecule has 4 aromatic rings. The summed E-state index contributed by atoms with van der Waals surface area (Å²) in [4.78, 5) is 40.3. The van der Waals surface area contributed by atoms with Crippen LogP contribution in [-0.2, 0) is 22.3 Å². The number of halogens is 4. The van der Waals surface area contributed by atoms with E-state index in [1.165, 1.54) is 34.5 Å². The van der Waals surface area contributed by atoms with Crippen LogP contribution in [0.1, 0.15) is 11.1 Å². The Morgan fingerprint density at radius 2 is 2.05 bits per heavy atom. The summed E-state index contributed by atoms with van der Waals surface area (Å²) in [6, 6.07) is 7.10. The summed E-state index contributed by atoms with van der Waals surface area (Å²) in [5, 5.41) is 2.38. The van der Waals surface area contributed by atoms with Crippen LogP contribution < -0.4 is 11.1 Å². The lowest BCUT2D eigenvalue weighted by Crippen LogP contribution is -2.43. The Labute approximate surface area is 220 Å². The molecule has 3 N–H and O–H groups in total. The molecule has 0 saturated carbocycles. The SMILES string of the molecule is Cc1cc(C(F)(F)F)cc2c3c(N)ncnc3n(CC(=O)N3CCSC3C(=O)Nc3cccc(Br)n3)c12. The van der Waals surface area contributed by atoms with Gasteiger partial charge in [0.05, 0.1) is 16.5 Å². The van der Waals surface area contributed by atoms with Gasteiger partial charge in [0.2, 0.25) is 5.91 Å². The van der Waals surface area contributed by atoms with E-state index in [0.29, 0.717) is 33.8 Å². The fourth-order valence-corrected chi connectivity index (χ4v) is 5.92. The van der Waals surface area contributed by atoms with Crippen molar-refractivity contribution in [2.24, 2.45) is 0 Å². The second-order valence-corrected chi connectivity index (χ2v) is 10.4. The van der Waals surface area contributed by atoms with Crippen LogP contribution in [-0.4, -0.2) is 53.9 Å². The van der Waals surface area contributed by atoms with Crippen LogP contribution in [0.25, 0.3) is 21.9 Å². The number of carbonyl (C=O) groups excluding carboxylic acids is 2. The number of nitrogens with zero attached hydrogens (tertiary/aromatic N) is 5. The van der Waals surface area contributed by atoms with E-state index in [1.807, 2.05) is 0 Å². The van der Waals surface area contributed by atoms with Gasteiger partial charge in [0.15, 0.2) is 5.37 Å². The Kier molecular flexibility index (Phi) is 6.48. The quantitative estimate of drug-likeness (QED) is 0.340. The van der Waals surface area contributed by atoms with E-state index >= 15 is 0 Å². The minimum atomic E-state index is -4.57. The normalized spacial score (nSPS) is 16.0. The van der Waals surface area contributed by atoms with E-state index in [-0.39, 0.29) is 34.7 Å². The minimum absolute atomic E-state index is 0.00966. The van der Waals surface area contributed by atoms with Gasteiger partial charge in [-0.1, -0.05) is 6.07 Å². The van der Waals surface area contributed by atoms with E-state index in [0.717, 1.165) is 12.1 Å². The Hall–Kier alpha value is -3.39. The molecule has 1 fully saturated rings. The molecule has 0 radical (unpaired) electrons. The van der Waals surface area contributed by atoms with Crippen molar-refractivity contribution in [3.63, 3.8) is 0 Å². The molecular formula is C23H19BrF3N7O2S. The lowest BCUT2D eigenvalue weighted by molar-refractivity contribution is -0.137. The number of nitrogen functional groups attached to an aromatic ring is 1. The number of pyridine rings is 1. The minimum Gasteiger partial charge on any atom is -0.383 e. The summed E-state index contributed by atoms with van der Waals surface area (Å²) >= 11 is 4.57. The first-order chi connectivity index (χ1) is 17.5. The summed E-state index contributed by atoms with van der Waals surface area (Å²) in [6.45, 7) is 1.62. The van der Waals surface area contributed by atoms with Gasteiger partial charge in [-0.3, -0.25) is 9.59 Å². The number of anilines is 2. The molecule has 1 saturated heterocycles. The number of nitrogens with one attached hydrogen (secondary N) is 1. The molecule has 1 aliphatic heterocycles. The zero-order valence-corrected chi connectivity index (χ0v) is 21.6. The van der Waals surface area contributed by atoms with Crippen molar-refractivity contribution in [3.8, 4) is 0 Å². The van der Waals surface area contributed by atoms with Crippen molar-refractivity contribution >= 4 is 73.1 Å². The van der Waals surface area contributed by atoms with E-state index in [1.54, 1.807) is 18.2 Å². The highest BCUT2D eigenvalue weighted by Crippen LogP contribution is 2.38. The number of thioether (sulfide) groups is 1. The Morgan fingerprint density at radius 1 is 1.27 bits per heavy atom. The first-order valence-electron chi connectivity index (χ1n) is 11.0. The molecule has 1 aromatic carbocycles. The van der Waals surface area contributed by atoms with Crippen LogP contribution in [0.5, 0.6) is 0 Å². The van der Waals surface area contributed by atoms with Crippen LogP contribution in [0.3, 0.4) is 0 Å². The molecular weight excluding hydrogens is 575 g/mol. The van der Waals surface area contributed by atoms with Crippen LogP contribution in [0, 0.1) is 6.92 Å². The third-order valence-electron chi connectivity index (χ3n) is 5.97. The molecule has 1 aliphatic rings. The molecule has 9 nitrogen and oxygen atoms in total. The number of hydrogen-bond acceptors (Lipinski definition) is 7. The summed E-state index contributed by atoms with van der Waals surface area (Å²) in [5.41, 5.74) is 6.15. The molecule has 4 heterocycles. The number of fused-ring (bicyclic) bond motifs is 3. The van der Waals surface area contributed by atoms with E-state index in [2.05, 4.69) is 36.2 Å². The van der Waals surface area contributed by atoms with Crippen molar-refractivity contribution in [2.45, 2.75) is 25.0 Å². The third-order valence-corrected chi connectivity index (χ3v) is 7.62. The van der Waals surface area contributed by atoms with E-state index < -0.39 is 23.0 Å². The van der Waals surface area contributed by atoms with Gasteiger partial charge in [-0.25, -0.2) is 15.0 Å². The van der Waals surface area contributed by atoms with Gasteiger partial charge in [-0.15, -0.1) is 11.8 Å². The molecule has 5 rings (SSSR count). The van der Waals surface area contributed by atoms with E-state index in [9.17, 15) is 22.8 Å². The first kappa shape index (κ1) is 25.3. The molecule has 1 atom stereocenters. The lowest BCUT2D eigenvalue weighted by atomic mass is 10.1. The van der Waals surface area contributed by atoms with Crippen LogP contribution in [0.2, 0.25) is 0 Å². The highest BCUT2D eigenvalue weighted by atomic mass is 79.9. The molecule has 1 unspecified atom stereocenters. The van der Waals surface area contributed by atoms with Crippen molar-refractivity contribution in [1.82, 2.24) is 24.4 Å². The topological polar surface area (TPSA) is 119 Å². The molecule has 0 aliphatic carbocycles. The third kappa shape index (κ3) is 4.70. The van der Waals surface area contributed by atoms with Crippen LogP contribution in [0.4, 0.5) is 24.8 Å². The zero-order chi connectivity index (χ0) is 26.5. The largest absolute Gasteiger partial charge is 0.416 e. The monoisotopic (exact) mass is 593 g/mol. The summed E-state index contributed by atoms with van der Waals surface area (Å²) in [7, 11) is 0. The van der Waals surface area contributed by atoms with Gasteiger partial charge in [-0.05, 0) is 52.7 Å². The number of aryl methyl sites for hydroxylation is 1. The standard InChI is InChI=1S/C23H19BrF3N7O2S/c1-11-7-12(23(25,26)27)8-13-17-19(28)29-10-30-20(17)34(18(11)13)9-16(35)33-5-6-37-22(33)21(36)32-15-4-2-3-14(24)31-15/h2-4,7-8,10,22H,5-6,9H2,1H3,(H2,28,29,30)(H,31,32,36). The second-order valence-electron chi connectivity index (χ2n) is 8.38. The Balaban J connectivity index is 1.50. The average molecular weight is 594 g/mol. The van der Waals surface area contributed by atoms with E-state index in [4.69, 9.17) is 5.73 Å².